The number of rotatable bonds is 7. The molecule has 140 valence electrons. The summed E-state index contributed by atoms with van der Waals surface area (Å²) >= 11 is 5.93. The van der Waals surface area contributed by atoms with Gasteiger partial charge in [-0.15, -0.1) is 0 Å². The monoisotopic (exact) mass is 396 g/mol. The molecule has 0 saturated heterocycles. The third-order valence-electron chi connectivity index (χ3n) is 3.84. The van der Waals surface area contributed by atoms with Gasteiger partial charge in [0, 0.05) is 12.1 Å². The number of methoxy groups -OCH3 is 1. The van der Waals surface area contributed by atoms with Crippen LogP contribution in [0.15, 0.2) is 47.4 Å². The number of likely N-dealkylation sites (N-methyl/N-ethyl adjacent to an activating group) is 1. The summed E-state index contributed by atoms with van der Waals surface area (Å²) < 4.78 is 31.4. The Morgan fingerprint density at radius 3 is 2.42 bits per heavy atom. The molecule has 2 aromatic rings. The molecule has 0 unspecified atom stereocenters. The number of carbonyl (C=O) groups is 1. The molecule has 0 bridgehead atoms. The van der Waals surface area contributed by atoms with E-state index in [0.717, 1.165) is 16.3 Å². The van der Waals surface area contributed by atoms with E-state index >= 15 is 0 Å². The van der Waals surface area contributed by atoms with Crippen molar-refractivity contribution in [3.8, 4) is 5.75 Å². The fourth-order valence-corrected chi connectivity index (χ4v) is 3.63. The zero-order valence-corrected chi connectivity index (χ0v) is 16.4. The van der Waals surface area contributed by atoms with Gasteiger partial charge in [0.1, 0.15) is 5.75 Å². The summed E-state index contributed by atoms with van der Waals surface area (Å²) in [6, 6.07) is 11.4. The highest BCUT2D eigenvalue weighted by atomic mass is 35.5. The van der Waals surface area contributed by atoms with Crippen LogP contribution in [0.5, 0.6) is 5.75 Å². The van der Waals surface area contributed by atoms with Gasteiger partial charge in [0.25, 0.3) is 0 Å². The number of nitrogens with one attached hydrogen (secondary N) is 1. The third kappa shape index (κ3) is 4.75. The lowest BCUT2D eigenvalue weighted by Gasteiger charge is -2.18. The van der Waals surface area contributed by atoms with E-state index < -0.39 is 15.9 Å². The molecule has 2 rings (SSSR count). The van der Waals surface area contributed by atoms with Crippen LogP contribution in [0.4, 0.5) is 5.69 Å². The molecular formula is C18H21ClN2O4S. The summed E-state index contributed by atoms with van der Waals surface area (Å²) in [5, 5.41) is 3.05. The topological polar surface area (TPSA) is 75.7 Å². The number of nitrogens with zero attached hydrogens (tertiary/aromatic N) is 1. The normalized spacial score (nSPS) is 11.4. The number of benzene rings is 2. The quantitative estimate of drug-likeness (QED) is 0.779. The van der Waals surface area contributed by atoms with Crippen LogP contribution in [0.2, 0.25) is 5.02 Å². The predicted molar refractivity (Wildman–Crippen MR) is 102 cm³/mol. The van der Waals surface area contributed by atoms with Crippen LogP contribution in [0.3, 0.4) is 0 Å². The summed E-state index contributed by atoms with van der Waals surface area (Å²) in [6.07, 6.45) is 0.819. The molecule has 0 radical (unpaired) electrons. The first-order chi connectivity index (χ1) is 12.3. The predicted octanol–water partition coefficient (Wildman–Crippen LogP) is 3.17. The van der Waals surface area contributed by atoms with Crippen LogP contribution in [0.25, 0.3) is 0 Å². The van der Waals surface area contributed by atoms with Gasteiger partial charge in [-0.25, -0.2) is 8.42 Å². The molecule has 0 aromatic heterocycles. The van der Waals surface area contributed by atoms with Crippen molar-refractivity contribution in [3.05, 3.63) is 53.1 Å². The number of ether oxygens (including phenoxy) is 1. The van der Waals surface area contributed by atoms with E-state index in [0.29, 0.717) is 16.5 Å². The SMILES string of the molecule is CCc1ccc(S(=O)(=O)N(C)CC(=O)Nc2cc(Cl)ccc2OC)cc1. The molecule has 2 aromatic carbocycles. The fraction of sp³-hybridized carbons (Fsp3) is 0.278. The van der Waals surface area contributed by atoms with E-state index in [-0.39, 0.29) is 11.4 Å². The lowest BCUT2D eigenvalue weighted by molar-refractivity contribution is -0.116. The Morgan fingerprint density at radius 1 is 1.19 bits per heavy atom. The fourth-order valence-electron chi connectivity index (χ4n) is 2.33. The number of hydrogen-bond acceptors (Lipinski definition) is 4. The molecule has 8 heteroatoms. The van der Waals surface area contributed by atoms with Crippen molar-refractivity contribution >= 4 is 33.2 Å². The average molecular weight is 397 g/mol. The zero-order valence-electron chi connectivity index (χ0n) is 14.8. The number of anilines is 1. The van der Waals surface area contributed by atoms with Crippen molar-refractivity contribution in [1.29, 1.82) is 0 Å². The van der Waals surface area contributed by atoms with Gasteiger partial charge in [-0.3, -0.25) is 4.79 Å². The van der Waals surface area contributed by atoms with E-state index in [2.05, 4.69) is 5.32 Å². The van der Waals surface area contributed by atoms with Crippen LogP contribution in [-0.2, 0) is 21.2 Å². The zero-order chi connectivity index (χ0) is 19.3. The number of carbonyl (C=O) groups excluding carboxylic acids is 1. The minimum Gasteiger partial charge on any atom is -0.495 e. The number of sulfonamides is 1. The Hall–Kier alpha value is -2.09. The second kappa shape index (κ2) is 8.53. The maximum absolute atomic E-state index is 12.6. The average Bonchev–Trinajstić information content (AvgIpc) is 2.61. The minimum atomic E-state index is -3.76. The van der Waals surface area contributed by atoms with Crippen LogP contribution in [0.1, 0.15) is 12.5 Å². The second-order valence-corrected chi connectivity index (χ2v) is 8.13. The van der Waals surface area contributed by atoms with Gasteiger partial charge in [0.05, 0.1) is 24.2 Å². The first-order valence-corrected chi connectivity index (χ1v) is 9.78. The maximum Gasteiger partial charge on any atom is 0.243 e. The Kier molecular flexibility index (Phi) is 6.63. The number of halogens is 1. The van der Waals surface area contributed by atoms with Crippen molar-refractivity contribution in [2.75, 3.05) is 26.0 Å². The molecule has 0 aliphatic heterocycles. The number of amides is 1. The van der Waals surface area contributed by atoms with Gasteiger partial charge in [-0.2, -0.15) is 4.31 Å². The van der Waals surface area contributed by atoms with Gasteiger partial charge in [0.15, 0.2) is 0 Å². The highest BCUT2D eigenvalue weighted by Gasteiger charge is 2.23. The Bertz CT molecular complexity index is 883. The molecule has 0 aliphatic rings. The van der Waals surface area contributed by atoms with Crippen molar-refractivity contribution in [2.24, 2.45) is 0 Å². The van der Waals surface area contributed by atoms with Crippen LogP contribution in [0, 0.1) is 0 Å². The molecule has 1 amide bonds. The molecule has 1 N–H and O–H groups in total. The molecule has 0 heterocycles. The molecule has 0 spiro atoms. The number of hydrogen-bond donors (Lipinski definition) is 1. The van der Waals surface area contributed by atoms with E-state index in [1.165, 1.54) is 20.2 Å². The van der Waals surface area contributed by atoms with Gasteiger partial charge >= 0.3 is 0 Å². The largest absolute Gasteiger partial charge is 0.495 e. The van der Waals surface area contributed by atoms with Crippen molar-refractivity contribution in [1.82, 2.24) is 4.31 Å². The van der Waals surface area contributed by atoms with Crippen LogP contribution in [-0.4, -0.2) is 39.3 Å². The molecule has 6 nitrogen and oxygen atoms in total. The summed E-state index contributed by atoms with van der Waals surface area (Å²) in [5.41, 5.74) is 1.42. The molecule has 0 fully saturated rings. The molecule has 0 atom stereocenters. The lowest BCUT2D eigenvalue weighted by atomic mass is 10.2. The molecular weight excluding hydrogens is 376 g/mol. The third-order valence-corrected chi connectivity index (χ3v) is 5.89. The highest BCUT2D eigenvalue weighted by molar-refractivity contribution is 7.89. The van der Waals surface area contributed by atoms with Crippen molar-refractivity contribution in [3.63, 3.8) is 0 Å². The summed E-state index contributed by atoms with van der Waals surface area (Å²) in [7, 11) is -0.933. The smallest absolute Gasteiger partial charge is 0.243 e. The second-order valence-electron chi connectivity index (χ2n) is 5.65. The van der Waals surface area contributed by atoms with Gasteiger partial charge < -0.3 is 10.1 Å². The van der Waals surface area contributed by atoms with E-state index in [1.54, 1.807) is 36.4 Å². The Morgan fingerprint density at radius 2 is 1.85 bits per heavy atom. The maximum atomic E-state index is 12.6. The van der Waals surface area contributed by atoms with E-state index in [4.69, 9.17) is 16.3 Å². The van der Waals surface area contributed by atoms with Crippen molar-refractivity contribution < 1.29 is 17.9 Å². The number of aryl methyl sites for hydroxylation is 1. The summed E-state index contributed by atoms with van der Waals surface area (Å²) in [5.74, 6) is -0.0646. The van der Waals surface area contributed by atoms with Gasteiger partial charge in [-0.05, 0) is 42.3 Å². The first kappa shape index (κ1) is 20.2. The van der Waals surface area contributed by atoms with Crippen LogP contribution >= 0.6 is 11.6 Å². The molecule has 26 heavy (non-hydrogen) atoms. The first-order valence-electron chi connectivity index (χ1n) is 7.96. The summed E-state index contributed by atoms with van der Waals surface area (Å²) in [6.45, 7) is 1.65. The van der Waals surface area contributed by atoms with E-state index in [1.807, 2.05) is 6.92 Å². The highest BCUT2D eigenvalue weighted by Crippen LogP contribution is 2.27. The van der Waals surface area contributed by atoms with Gasteiger partial charge in [0.2, 0.25) is 15.9 Å². The van der Waals surface area contributed by atoms with Crippen LogP contribution < -0.4 is 10.1 Å². The molecule has 0 aliphatic carbocycles. The Labute approximate surface area is 158 Å². The lowest BCUT2D eigenvalue weighted by Crippen LogP contribution is -2.35. The van der Waals surface area contributed by atoms with E-state index in [9.17, 15) is 13.2 Å². The molecule has 0 saturated carbocycles. The minimum absolute atomic E-state index is 0.144. The summed E-state index contributed by atoms with van der Waals surface area (Å²) in [4.78, 5) is 12.4. The van der Waals surface area contributed by atoms with Gasteiger partial charge in [-0.1, -0.05) is 30.7 Å². The van der Waals surface area contributed by atoms with Crippen molar-refractivity contribution in [2.45, 2.75) is 18.2 Å². The standard InChI is InChI=1S/C18H21ClN2O4S/c1-4-13-5-8-15(9-6-13)26(23,24)21(2)12-18(22)20-16-11-14(19)7-10-17(16)25-3/h5-11H,4,12H2,1-3H3,(H,20,22). The Balaban J connectivity index is 2.11.